The van der Waals surface area contributed by atoms with Crippen LogP contribution in [0.2, 0.25) is 0 Å². The van der Waals surface area contributed by atoms with Crippen molar-refractivity contribution >= 4 is 39.6 Å². The Labute approximate surface area is 292 Å². The van der Waals surface area contributed by atoms with E-state index in [-0.39, 0.29) is 48.2 Å². The van der Waals surface area contributed by atoms with Crippen LogP contribution in [0.3, 0.4) is 0 Å². The predicted octanol–water partition coefficient (Wildman–Crippen LogP) is 4.56. The molecule has 3 heterocycles. The molecular formula is C37H50BrN3O7. The number of allylic oxidation sites excluding steroid dienone is 1. The number of hydrogen-bond donors (Lipinski definition) is 1. The fourth-order valence-electron chi connectivity index (χ4n) is 8.39. The molecule has 5 rings (SSSR count). The van der Waals surface area contributed by atoms with Crippen molar-refractivity contribution < 1.29 is 33.8 Å². The summed E-state index contributed by atoms with van der Waals surface area (Å²) in [5.74, 6) is -3.10. The zero-order valence-electron chi connectivity index (χ0n) is 28.2. The minimum atomic E-state index is -1.23. The first-order chi connectivity index (χ1) is 23.1. The minimum Gasteiger partial charge on any atom is -0.455 e. The number of alkyl halides is 1. The van der Waals surface area contributed by atoms with Gasteiger partial charge in [-0.05, 0) is 44.6 Å². The summed E-state index contributed by atoms with van der Waals surface area (Å²) in [5.41, 5.74) is -0.509. The van der Waals surface area contributed by atoms with Crippen molar-refractivity contribution in [3.63, 3.8) is 0 Å². The maximum absolute atomic E-state index is 14.7. The molecule has 1 saturated carbocycles. The van der Waals surface area contributed by atoms with E-state index in [9.17, 15) is 24.3 Å². The van der Waals surface area contributed by atoms with Crippen LogP contribution in [-0.4, -0.2) is 105 Å². The van der Waals surface area contributed by atoms with E-state index in [1.54, 1.807) is 29.0 Å². The van der Waals surface area contributed by atoms with Gasteiger partial charge in [0.25, 0.3) is 0 Å². The molecule has 3 aliphatic heterocycles. The van der Waals surface area contributed by atoms with Gasteiger partial charge in [0.05, 0.1) is 24.0 Å². The summed E-state index contributed by atoms with van der Waals surface area (Å²) in [5, 5.41) is 9.75. The largest absolute Gasteiger partial charge is 0.455 e. The summed E-state index contributed by atoms with van der Waals surface area (Å²) in [6.07, 6.45) is 8.38. The second-order valence-electron chi connectivity index (χ2n) is 13.7. The lowest BCUT2D eigenvalue weighted by molar-refractivity contribution is -0.164. The predicted molar refractivity (Wildman–Crippen MR) is 185 cm³/mol. The quantitative estimate of drug-likeness (QED) is 0.160. The topological polar surface area (TPSA) is 117 Å². The van der Waals surface area contributed by atoms with Gasteiger partial charge in [-0.2, -0.15) is 0 Å². The molecule has 1 aliphatic carbocycles. The van der Waals surface area contributed by atoms with E-state index in [2.05, 4.69) is 29.1 Å². The molecule has 10 nitrogen and oxygen atoms in total. The number of likely N-dealkylation sites (N-methyl/N-ethyl adjacent to an activating group) is 1. The molecule has 1 spiro atoms. The van der Waals surface area contributed by atoms with Crippen LogP contribution in [0.1, 0.15) is 76.4 Å². The van der Waals surface area contributed by atoms with Gasteiger partial charge < -0.3 is 29.3 Å². The van der Waals surface area contributed by atoms with E-state index in [4.69, 9.17) is 9.47 Å². The lowest BCUT2D eigenvalue weighted by atomic mass is 9.70. The molecule has 3 saturated heterocycles. The van der Waals surface area contributed by atoms with Crippen LogP contribution in [0.25, 0.3) is 0 Å². The van der Waals surface area contributed by atoms with Gasteiger partial charge in [-0.25, -0.2) is 0 Å². The molecule has 0 radical (unpaired) electrons. The monoisotopic (exact) mass is 727 g/mol. The zero-order chi connectivity index (χ0) is 34.6. The van der Waals surface area contributed by atoms with E-state index in [0.29, 0.717) is 25.8 Å². The number of aliphatic hydroxyl groups excluding tert-OH is 1. The van der Waals surface area contributed by atoms with Gasteiger partial charge in [0.2, 0.25) is 17.7 Å². The first-order valence-electron chi connectivity index (χ1n) is 17.4. The van der Waals surface area contributed by atoms with Gasteiger partial charge in [-0.3, -0.25) is 19.2 Å². The zero-order valence-corrected chi connectivity index (χ0v) is 29.8. The van der Waals surface area contributed by atoms with Crippen molar-refractivity contribution in [2.75, 3.05) is 26.7 Å². The summed E-state index contributed by atoms with van der Waals surface area (Å²) in [6.45, 7) is 9.84. The number of fused-ring (bicyclic) bond motifs is 1. The van der Waals surface area contributed by atoms with Crippen LogP contribution >= 0.6 is 15.9 Å². The molecule has 4 fully saturated rings. The number of carbonyl (C=O) groups is 4. The van der Waals surface area contributed by atoms with Crippen LogP contribution in [0.5, 0.6) is 0 Å². The first-order valence-corrected chi connectivity index (χ1v) is 18.3. The number of benzene rings is 1. The number of aliphatic hydroxyl groups is 1. The van der Waals surface area contributed by atoms with Crippen molar-refractivity contribution in [1.29, 1.82) is 0 Å². The lowest BCUT2D eigenvalue weighted by Crippen LogP contribution is -2.58. The Morgan fingerprint density at radius 2 is 1.88 bits per heavy atom. The number of carbonyl (C=O) groups excluding carboxylic acids is 4. The molecule has 48 heavy (non-hydrogen) atoms. The normalized spacial score (nSPS) is 29.2. The van der Waals surface area contributed by atoms with Crippen molar-refractivity contribution in [2.45, 2.75) is 105 Å². The summed E-state index contributed by atoms with van der Waals surface area (Å²) in [6, 6.07) is 7.86. The molecule has 1 unspecified atom stereocenters. The van der Waals surface area contributed by atoms with Crippen LogP contribution in [0.4, 0.5) is 0 Å². The second-order valence-corrected chi connectivity index (χ2v) is 14.9. The summed E-state index contributed by atoms with van der Waals surface area (Å²) < 4.78 is 13.1. The van der Waals surface area contributed by atoms with E-state index in [1.807, 2.05) is 42.2 Å². The molecule has 1 N–H and O–H groups in total. The Bertz CT molecular complexity index is 1350. The highest BCUT2D eigenvalue weighted by Crippen LogP contribution is 2.60. The van der Waals surface area contributed by atoms with E-state index in [1.165, 1.54) is 0 Å². The molecule has 4 aliphatic rings. The summed E-state index contributed by atoms with van der Waals surface area (Å²) >= 11 is 3.75. The van der Waals surface area contributed by atoms with Crippen LogP contribution in [0, 0.1) is 11.8 Å². The van der Waals surface area contributed by atoms with Gasteiger partial charge in [-0.1, -0.05) is 77.7 Å². The Morgan fingerprint density at radius 1 is 1.17 bits per heavy atom. The van der Waals surface area contributed by atoms with E-state index in [0.717, 1.165) is 37.7 Å². The van der Waals surface area contributed by atoms with Gasteiger partial charge in [0, 0.05) is 44.0 Å². The maximum Gasteiger partial charge on any atom is 0.313 e. The van der Waals surface area contributed by atoms with Crippen molar-refractivity contribution in [2.24, 2.45) is 11.8 Å². The first kappa shape index (κ1) is 36.3. The third kappa shape index (κ3) is 6.74. The van der Waals surface area contributed by atoms with E-state index >= 15 is 0 Å². The highest BCUT2D eigenvalue weighted by molar-refractivity contribution is 9.09. The van der Waals surface area contributed by atoms with Gasteiger partial charge in [0.1, 0.15) is 17.7 Å². The van der Waals surface area contributed by atoms with Gasteiger partial charge in [-0.15, -0.1) is 13.2 Å². The Balaban J connectivity index is 1.48. The average molecular weight is 729 g/mol. The van der Waals surface area contributed by atoms with Gasteiger partial charge >= 0.3 is 5.97 Å². The Kier molecular flexibility index (Phi) is 11.8. The van der Waals surface area contributed by atoms with Crippen LogP contribution in [-0.2, 0) is 28.7 Å². The molecule has 3 amide bonds. The van der Waals surface area contributed by atoms with E-state index < -0.39 is 47.7 Å². The number of ether oxygens (including phenoxy) is 2. The van der Waals surface area contributed by atoms with Crippen LogP contribution < -0.4 is 0 Å². The fraction of sp³-hybridized carbons (Fsp3) is 0.622. The van der Waals surface area contributed by atoms with Crippen molar-refractivity contribution in [3.05, 3.63) is 61.2 Å². The maximum atomic E-state index is 14.7. The van der Waals surface area contributed by atoms with Gasteiger partial charge in [0.15, 0.2) is 0 Å². The second kappa shape index (κ2) is 15.7. The SMILES string of the molecule is C=CCCC(=O)N(C)[C@H](C)[C@H](OC(=O)[C@H]1[C@@H]2O[C@@]3(CC2Br)[C@@H]1C(=O)N(CCCO)[C@@H]3C(=O)N(CC=C)C1CCCCC1)c1ccccc1. The molecule has 1 aromatic carbocycles. The fourth-order valence-corrected chi connectivity index (χ4v) is 9.33. The highest BCUT2D eigenvalue weighted by Gasteiger charge is 2.77. The molecule has 0 aromatic heterocycles. The number of nitrogens with zero attached hydrogens (tertiary/aromatic N) is 3. The molecule has 2 bridgehead atoms. The number of rotatable bonds is 15. The summed E-state index contributed by atoms with van der Waals surface area (Å²) in [4.78, 5) is 61.3. The van der Waals surface area contributed by atoms with Crippen molar-refractivity contribution in [1.82, 2.24) is 14.7 Å². The third-order valence-corrected chi connectivity index (χ3v) is 11.7. The minimum absolute atomic E-state index is 0.0351. The Morgan fingerprint density at radius 3 is 2.52 bits per heavy atom. The average Bonchev–Trinajstić information content (AvgIpc) is 3.70. The van der Waals surface area contributed by atoms with Crippen molar-refractivity contribution in [3.8, 4) is 0 Å². The molecular weight excluding hydrogens is 678 g/mol. The molecule has 1 aromatic rings. The number of amides is 3. The van der Waals surface area contributed by atoms with Crippen LogP contribution in [0.15, 0.2) is 55.6 Å². The number of hydrogen-bond acceptors (Lipinski definition) is 7. The molecule has 262 valence electrons. The summed E-state index contributed by atoms with van der Waals surface area (Å²) in [7, 11) is 1.70. The molecule has 11 heteroatoms. The number of likely N-dealkylation sites (tertiary alicyclic amines) is 1. The lowest BCUT2D eigenvalue weighted by Gasteiger charge is -2.41. The number of halogens is 1. The number of esters is 1. The third-order valence-electron chi connectivity index (χ3n) is 10.9. The molecule has 8 atom stereocenters. The smallest absolute Gasteiger partial charge is 0.313 e. The highest BCUT2D eigenvalue weighted by atomic mass is 79.9. The standard InChI is InChI=1S/C37H50BrN3O7/c1-5-7-19-28(43)39(4)24(3)31(25-15-10-8-11-16-25)47-36(46)29-30-34(44)41(21-14-22-42)33(37(30)23-27(38)32(29)48-37)35(45)40(20-6-2)26-17-12-9-13-18-26/h5-6,8,10-11,15-16,24,26-27,29-33,42H,1-2,7,9,12-14,17-23H2,3-4H3/t24-,27?,29-,30+,31+,32-,33-,37+/m1/s1. The Hall–Kier alpha value is -3.02.